The van der Waals surface area contributed by atoms with Gasteiger partial charge in [-0.25, -0.2) is 4.99 Å². The summed E-state index contributed by atoms with van der Waals surface area (Å²) < 4.78 is 4.93. The molecule has 0 bridgehead atoms. The van der Waals surface area contributed by atoms with Crippen molar-refractivity contribution in [2.75, 3.05) is 38.0 Å². The standard InChI is InChI=1S/C23H34N6O2.HI/c1-4-18(3)22(30)26-20-8-6-7-19(15-20)16-25-23(24-5-2)29-12-10-28(11-13-29)17-21-9-14-31-27-21;/h6-9,14-15,18H,4-5,10-13,16-17H2,1-3H3,(H,24,25)(H,26,30);1H. The predicted octanol–water partition coefficient (Wildman–Crippen LogP) is 3.56. The highest BCUT2D eigenvalue weighted by Crippen LogP contribution is 2.14. The lowest BCUT2D eigenvalue weighted by Gasteiger charge is -2.36. The molecule has 2 aromatic rings. The third kappa shape index (κ3) is 7.77. The fraction of sp³-hybridized carbons (Fsp3) is 0.522. The molecule has 1 atom stereocenters. The van der Waals surface area contributed by atoms with Gasteiger partial charge >= 0.3 is 0 Å². The van der Waals surface area contributed by atoms with Crippen LogP contribution in [0.15, 0.2) is 46.1 Å². The van der Waals surface area contributed by atoms with E-state index in [1.807, 2.05) is 44.2 Å². The Labute approximate surface area is 207 Å². The number of benzene rings is 1. The lowest BCUT2D eigenvalue weighted by molar-refractivity contribution is -0.119. The fourth-order valence-electron chi connectivity index (χ4n) is 3.46. The lowest BCUT2D eigenvalue weighted by Crippen LogP contribution is -2.52. The van der Waals surface area contributed by atoms with Crippen molar-refractivity contribution in [3.8, 4) is 0 Å². The third-order valence-electron chi connectivity index (χ3n) is 5.55. The Bertz CT molecular complexity index is 850. The van der Waals surface area contributed by atoms with Crippen LogP contribution in [0.2, 0.25) is 0 Å². The quantitative estimate of drug-likeness (QED) is 0.295. The van der Waals surface area contributed by atoms with Crippen LogP contribution in [0.3, 0.4) is 0 Å². The van der Waals surface area contributed by atoms with Gasteiger partial charge in [-0.3, -0.25) is 9.69 Å². The number of aliphatic imine (C=N–C) groups is 1. The molecule has 1 amide bonds. The summed E-state index contributed by atoms with van der Waals surface area (Å²) in [6.07, 6.45) is 2.44. The highest BCUT2D eigenvalue weighted by atomic mass is 127. The molecule has 1 aromatic heterocycles. The zero-order chi connectivity index (χ0) is 22.1. The molecule has 1 unspecified atom stereocenters. The molecule has 32 heavy (non-hydrogen) atoms. The minimum absolute atomic E-state index is 0. The topological polar surface area (TPSA) is 86.0 Å². The number of guanidine groups is 1. The van der Waals surface area contributed by atoms with Crippen LogP contribution in [0, 0.1) is 5.92 Å². The maximum atomic E-state index is 12.2. The van der Waals surface area contributed by atoms with Crippen molar-refractivity contribution >= 4 is 41.5 Å². The number of anilines is 1. The van der Waals surface area contributed by atoms with Gasteiger partial charge in [0.2, 0.25) is 5.91 Å². The first-order valence-corrected chi connectivity index (χ1v) is 11.1. The average Bonchev–Trinajstić information content (AvgIpc) is 3.30. The third-order valence-corrected chi connectivity index (χ3v) is 5.55. The smallest absolute Gasteiger partial charge is 0.227 e. The average molecular weight is 554 g/mol. The van der Waals surface area contributed by atoms with E-state index in [0.29, 0.717) is 6.54 Å². The summed E-state index contributed by atoms with van der Waals surface area (Å²) in [5.74, 6) is 0.989. The number of hydrogen-bond acceptors (Lipinski definition) is 5. The number of carbonyl (C=O) groups is 1. The Hall–Kier alpha value is -2.14. The van der Waals surface area contributed by atoms with E-state index in [4.69, 9.17) is 9.52 Å². The monoisotopic (exact) mass is 554 g/mol. The second-order valence-electron chi connectivity index (χ2n) is 7.92. The van der Waals surface area contributed by atoms with Crippen molar-refractivity contribution in [3.05, 3.63) is 47.9 Å². The Balaban J connectivity index is 0.00000363. The molecule has 2 N–H and O–H groups in total. The van der Waals surface area contributed by atoms with Crippen molar-refractivity contribution < 1.29 is 9.32 Å². The van der Waals surface area contributed by atoms with E-state index in [0.717, 1.165) is 68.6 Å². The first-order chi connectivity index (χ1) is 15.1. The molecule has 176 valence electrons. The Morgan fingerprint density at radius 1 is 1.22 bits per heavy atom. The molecule has 3 rings (SSSR count). The van der Waals surface area contributed by atoms with Crippen molar-refractivity contribution in [2.45, 2.75) is 40.3 Å². The lowest BCUT2D eigenvalue weighted by atomic mass is 10.1. The van der Waals surface area contributed by atoms with Gasteiger partial charge in [0, 0.05) is 56.9 Å². The number of nitrogens with zero attached hydrogens (tertiary/aromatic N) is 4. The second-order valence-corrected chi connectivity index (χ2v) is 7.92. The highest BCUT2D eigenvalue weighted by Gasteiger charge is 2.20. The Kier molecular flexibility index (Phi) is 10.9. The SMILES string of the molecule is CCNC(=NCc1cccc(NC(=O)C(C)CC)c1)N1CCN(Cc2ccon2)CC1.I. The van der Waals surface area contributed by atoms with Crippen LogP contribution in [-0.2, 0) is 17.9 Å². The summed E-state index contributed by atoms with van der Waals surface area (Å²) in [6, 6.07) is 9.85. The van der Waals surface area contributed by atoms with E-state index >= 15 is 0 Å². The molecule has 1 aliphatic heterocycles. The van der Waals surface area contributed by atoms with Crippen LogP contribution < -0.4 is 10.6 Å². The van der Waals surface area contributed by atoms with Gasteiger partial charge in [0.15, 0.2) is 5.96 Å². The molecule has 2 heterocycles. The first kappa shape index (κ1) is 26.1. The van der Waals surface area contributed by atoms with Crippen molar-refractivity contribution in [2.24, 2.45) is 10.9 Å². The fourth-order valence-corrected chi connectivity index (χ4v) is 3.46. The van der Waals surface area contributed by atoms with Gasteiger partial charge in [-0.05, 0) is 31.0 Å². The van der Waals surface area contributed by atoms with Crippen LogP contribution in [0.4, 0.5) is 5.69 Å². The second kappa shape index (κ2) is 13.4. The van der Waals surface area contributed by atoms with E-state index in [-0.39, 0.29) is 35.8 Å². The van der Waals surface area contributed by atoms with Crippen LogP contribution in [0.25, 0.3) is 0 Å². The minimum Gasteiger partial charge on any atom is -0.364 e. The number of aromatic nitrogens is 1. The highest BCUT2D eigenvalue weighted by molar-refractivity contribution is 14.0. The summed E-state index contributed by atoms with van der Waals surface area (Å²) in [7, 11) is 0. The summed E-state index contributed by atoms with van der Waals surface area (Å²) in [6.45, 7) is 12.0. The molecule has 1 saturated heterocycles. The van der Waals surface area contributed by atoms with E-state index in [1.165, 1.54) is 0 Å². The minimum atomic E-state index is 0. The first-order valence-electron chi connectivity index (χ1n) is 11.1. The van der Waals surface area contributed by atoms with Crippen LogP contribution in [-0.4, -0.2) is 59.5 Å². The molecule has 0 aliphatic carbocycles. The van der Waals surface area contributed by atoms with Crippen molar-refractivity contribution in [1.82, 2.24) is 20.3 Å². The maximum Gasteiger partial charge on any atom is 0.227 e. The van der Waals surface area contributed by atoms with Gasteiger partial charge < -0.3 is 20.1 Å². The van der Waals surface area contributed by atoms with Gasteiger partial charge in [0.05, 0.1) is 12.2 Å². The Morgan fingerprint density at radius 2 is 2.00 bits per heavy atom. The van der Waals surface area contributed by atoms with Crippen LogP contribution in [0.1, 0.15) is 38.4 Å². The van der Waals surface area contributed by atoms with Gasteiger partial charge in [-0.15, -0.1) is 24.0 Å². The van der Waals surface area contributed by atoms with Crippen LogP contribution >= 0.6 is 24.0 Å². The number of amides is 1. The number of halogens is 1. The van der Waals surface area contributed by atoms with Gasteiger partial charge in [-0.2, -0.15) is 0 Å². The normalized spacial score (nSPS) is 15.7. The van der Waals surface area contributed by atoms with E-state index < -0.39 is 0 Å². The zero-order valence-corrected chi connectivity index (χ0v) is 21.5. The molecular formula is C23H35IN6O2. The summed E-state index contributed by atoms with van der Waals surface area (Å²) in [4.78, 5) is 21.7. The molecule has 8 nitrogen and oxygen atoms in total. The van der Waals surface area contributed by atoms with Gasteiger partial charge in [0.25, 0.3) is 0 Å². The molecule has 1 aromatic carbocycles. The summed E-state index contributed by atoms with van der Waals surface area (Å²) >= 11 is 0. The number of hydrogen-bond donors (Lipinski definition) is 2. The van der Waals surface area contributed by atoms with Gasteiger partial charge in [-0.1, -0.05) is 31.1 Å². The van der Waals surface area contributed by atoms with E-state index in [2.05, 4.69) is 32.5 Å². The molecule has 1 fully saturated rings. The largest absolute Gasteiger partial charge is 0.364 e. The number of carbonyl (C=O) groups excluding carboxylic acids is 1. The molecule has 0 radical (unpaired) electrons. The number of nitrogens with one attached hydrogen (secondary N) is 2. The number of rotatable bonds is 8. The van der Waals surface area contributed by atoms with E-state index in [9.17, 15) is 4.79 Å². The van der Waals surface area contributed by atoms with Gasteiger partial charge in [0.1, 0.15) is 6.26 Å². The predicted molar refractivity (Wildman–Crippen MR) is 138 cm³/mol. The molecule has 0 spiro atoms. The van der Waals surface area contributed by atoms with Crippen LogP contribution in [0.5, 0.6) is 0 Å². The molecule has 9 heteroatoms. The molecule has 1 aliphatic rings. The Morgan fingerprint density at radius 3 is 2.66 bits per heavy atom. The molecule has 0 saturated carbocycles. The number of piperazine rings is 1. The van der Waals surface area contributed by atoms with E-state index in [1.54, 1.807) is 6.26 Å². The summed E-state index contributed by atoms with van der Waals surface area (Å²) in [5, 5.41) is 10.4. The summed E-state index contributed by atoms with van der Waals surface area (Å²) in [5.41, 5.74) is 2.86. The zero-order valence-electron chi connectivity index (χ0n) is 19.2. The van der Waals surface area contributed by atoms with Crippen molar-refractivity contribution in [1.29, 1.82) is 0 Å². The maximum absolute atomic E-state index is 12.2. The molecular weight excluding hydrogens is 519 g/mol. The van der Waals surface area contributed by atoms with Crippen molar-refractivity contribution in [3.63, 3.8) is 0 Å².